The Kier molecular flexibility index (Phi) is 6.14. The van der Waals surface area contributed by atoms with Gasteiger partial charge in [0.1, 0.15) is 11.7 Å². The number of carbonyl (C=O) groups excluding carboxylic acids is 3. The third-order valence-electron chi connectivity index (χ3n) is 5.06. The van der Waals surface area contributed by atoms with Crippen LogP contribution >= 0.6 is 15.9 Å². The van der Waals surface area contributed by atoms with Gasteiger partial charge in [0.05, 0.1) is 18.2 Å². The Morgan fingerprint density at radius 2 is 2.07 bits per heavy atom. The number of likely N-dealkylation sites (tertiary alicyclic amines) is 1. The number of nitrogens with zero attached hydrogens (tertiary/aromatic N) is 2. The summed E-state index contributed by atoms with van der Waals surface area (Å²) in [6, 6.07) is 4.49. The fourth-order valence-corrected chi connectivity index (χ4v) is 4.03. The molecule has 0 aromatic heterocycles. The van der Waals surface area contributed by atoms with Crippen LogP contribution in [-0.2, 0) is 19.1 Å². The zero-order chi connectivity index (χ0) is 19.6. The SMILES string of the molecule is CCOC(=O)C1CCCN(C(=O)C2CCN(c3ccc(Br)cc3F)C2=O)C1. The molecule has 27 heavy (non-hydrogen) atoms. The summed E-state index contributed by atoms with van der Waals surface area (Å²) in [6.45, 7) is 3.14. The molecule has 2 aliphatic heterocycles. The van der Waals surface area contributed by atoms with Crippen LogP contribution in [0.25, 0.3) is 0 Å². The summed E-state index contributed by atoms with van der Waals surface area (Å²) >= 11 is 3.19. The molecule has 146 valence electrons. The van der Waals surface area contributed by atoms with Crippen LogP contribution in [0.5, 0.6) is 0 Å². The van der Waals surface area contributed by atoms with Gasteiger partial charge in [0, 0.05) is 24.1 Å². The molecule has 2 heterocycles. The van der Waals surface area contributed by atoms with Gasteiger partial charge in [-0.3, -0.25) is 14.4 Å². The third-order valence-corrected chi connectivity index (χ3v) is 5.55. The Morgan fingerprint density at radius 1 is 1.30 bits per heavy atom. The minimum atomic E-state index is -0.825. The minimum Gasteiger partial charge on any atom is -0.466 e. The van der Waals surface area contributed by atoms with E-state index in [9.17, 15) is 18.8 Å². The van der Waals surface area contributed by atoms with Crippen molar-refractivity contribution < 1.29 is 23.5 Å². The van der Waals surface area contributed by atoms with Crippen molar-refractivity contribution in [3.63, 3.8) is 0 Å². The number of ether oxygens (including phenoxy) is 1. The summed E-state index contributed by atoms with van der Waals surface area (Å²) in [5, 5.41) is 0. The first kappa shape index (κ1) is 19.8. The average Bonchev–Trinajstić information content (AvgIpc) is 3.03. The lowest BCUT2D eigenvalue weighted by Crippen LogP contribution is -2.46. The lowest BCUT2D eigenvalue weighted by atomic mass is 9.96. The highest BCUT2D eigenvalue weighted by Crippen LogP contribution is 2.31. The number of piperidine rings is 1. The van der Waals surface area contributed by atoms with Crippen molar-refractivity contribution in [1.82, 2.24) is 4.90 Å². The molecule has 1 aromatic carbocycles. The highest BCUT2D eigenvalue weighted by atomic mass is 79.9. The van der Waals surface area contributed by atoms with Gasteiger partial charge < -0.3 is 14.5 Å². The first-order chi connectivity index (χ1) is 12.9. The number of benzene rings is 1. The molecule has 2 saturated heterocycles. The van der Waals surface area contributed by atoms with E-state index >= 15 is 0 Å². The van der Waals surface area contributed by atoms with Crippen LogP contribution in [0.3, 0.4) is 0 Å². The summed E-state index contributed by atoms with van der Waals surface area (Å²) in [5.74, 6) is -2.65. The summed E-state index contributed by atoms with van der Waals surface area (Å²) in [5.41, 5.74) is 0.182. The van der Waals surface area contributed by atoms with E-state index in [4.69, 9.17) is 4.74 Å². The molecule has 2 aliphatic rings. The summed E-state index contributed by atoms with van der Waals surface area (Å²) in [4.78, 5) is 40.5. The molecule has 0 aliphatic carbocycles. The molecule has 0 N–H and O–H groups in total. The van der Waals surface area contributed by atoms with E-state index in [2.05, 4.69) is 15.9 Å². The number of anilines is 1. The van der Waals surface area contributed by atoms with Crippen LogP contribution in [0.1, 0.15) is 26.2 Å². The second kappa shape index (κ2) is 8.37. The van der Waals surface area contributed by atoms with Crippen molar-refractivity contribution in [3.05, 3.63) is 28.5 Å². The number of hydrogen-bond acceptors (Lipinski definition) is 4. The van der Waals surface area contributed by atoms with Gasteiger partial charge in [-0.2, -0.15) is 0 Å². The maximum Gasteiger partial charge on any atom is 0.310 e. The van der Waals surface area contributed by atoms with E-state index in [1.54, 1.807) is 17.9 Å². The number of halogens is 2. The number of amides is 2. The Bertz CT molecular complexity index is 757. The summed E-state index contributed by atoms with van der Waals surface area (Å²) in [7, 11) is 0. The number of hydrogen-bond donors (Lipinski definition) is 0. The predicted molar refractivity (Wildman–Crippen MR) is 100 cm³/mol. The molecule has 2 amide bonds. The van der Waals surface area contributed by atoms with E-state index < -0.39 is 11.7 Å². The molecule has 1 aromatic rings. The maximum absolute atomic E-state index is 14.2. The summed E-state index contributed by atoms with van der Waals surface area (Å²) in [6.07, 6.45) is 1.71. The van der Waals surface area contributed by atoms with Gasteiger partial charge in [-0.05, 0) is 44.4 Å². The predicted octanol–water partition coefficient (Wildman–Crippen LogP) is 2.74. The van der Waals surface area contributed by atoms with E-state index in [1.807, 2.05) is 0 Å². The van der Waals surface area contributed by atoms with Crippen LogP contribution in [0.4, 0.5) is 10.1 Å². The monoisotopic (exact) mass is 440 g/mol. The molecule has 2 fully saturated rings. The lowest BCUT2D eigenvalue weighted by Gasteiger charge is -2.32. The first-order valence-electron chi connectivity index (χ1n) is 9.14. The number of rotatable bonds is 4. The number of esters is 1. The van der Waals surface area contributed by atoms with E-state index in [0.717, 1.165) is 0 Å². The van der Waals surface area contributed by atoms with Crippen molar-refractivity contribution >= 4 is 39.4 Å². The zero-order valence-electron chi connectivity index (χ0n) is 15.1. The molecule has 0 saturated carbocycles. The van der Waals surface area contributed by atoms with E-state index in [1.165, 1.54) is 17.0 Å². The van der Waals surface area contributed by atoms with Gasteiger partial charge in [-0.15, -0.1) is 0 Å². The van der Waals surface area contributed by atoms with Crippen LogP contribution in [0.2, 0.25) is 0 Å². The highest BCUT2D eigenvalue weighted by Gasteiger charge is 2.42. The van der Waals surface area contributed by atoms with E-state index in [0.29, 0.717) is 43.4 Å². The quantitative estimate of drug-likeness (QED) is 0.533. The lowest BCUT2D eigenvalue weighted by molar-refractivity contribution is -0.152. The van der Waals surface area contributed by atoms with Crippen LogP contribution < -0.4 is 4.90 Å². The molecule has 8 heteroatoms. The third kappa shape index (κ3) is 4.15. The Hall–Kier alpha value is -1.96. The fraction of sp³-hybridized carbons (Fsp3) is 0.526. The topological polar surface area (TPSA) is 66.9 Å². The van der Waals surface area contributed by atoms with Crippen LogP contribution in [0, 0.1) is 17.7 Å². The Labute approximate surface area is 165 Å². The molecular formula is C19H22BrFN2O4. The molecular weight excluding hydrogens is 419 g/mol. The van der Waals surface area contributed by atoms with Crippen LogP contribution in [0.15, 0.2) is 22.7 Å². The second-order valence-electron chi connectivity index (χ2n) is 6.80. The second-order valence-corrected chi connectivity index (χ2v) is 7.72. The molecule has 0 radical (unpaired) electrons. The fourth-order valence-electron chi connectivity index (χ4n) is 3.70. The Balaban J connectivity index is 1.69. The zero-order valence-corrected chi connectivity index (χ0v) is 16.7. The molecule has 0 spiro atoms. The standard InChI is InChI=1S/C19H22BrFN2O4/c1-2-27-19(26)12-4-3-8-22(11-12)17(24)14-7-9-23(18(14)25)16-6-5-13(20)10-15(16)21/h5-6,10,12,14H,2-4,7-9,11H2,1H3. The smallest absolute Gasteiger partial charge is 0.310 e. The van der Waals surface area contributed by atoms with Crippen LogP contribution in [-0.4, -0.2) is 48.9 Å². The van der Waals surface area contributed by atoms with Gasteiger partial charge in [-0.1, -0.05) is 15.9 Å². The molecule has 3 rings (SSSR count). The van der Waals surface area contributed by atoms with Gasteiger partial charge in [0.25, 0.3) is 0 Å². The van der Waals surface area contributed by atoms with Gasteiger partial charge in [0.15, 0.2) is 0 Å². The molecule has 0 bridgehead atoms. The Morgan fingerprint density at radius 3 is 2.78 bits per heavy atom. The van der Waals surface area contributed by atoms with Crippen molar-refractivity contribution in [3.8, 4) is 0 Å². The van der Waals surface area contributed by atoms with Gasteiger partial charge in [-0.25, -0.2) is 4.39 Å². The van der Waals surface area contributed by atoms with Gasteiger partial charge in [0.2, 0.25) is 11.8 Å². The molecule has 2 atom stereocenters. The molecule has 6 nitrogen and oxygen atoms in total. The largest absolute Gasteiger partial charge is 0.466 e. The normalized spacial score (nSPS) is 22.9. The van der Waals surface area contributed by atoms with Crippen molar-refractivity contribution in [2.45, 2.75) is 26.2 Å². The van der Waals surface area contributed by atoms with Crippen molar-refractivity contribution in [1.29, 1.82) is 0 Å². The minimum absolute atomic E-state index is 0.182. The highest BCUT2D eigenvalue weighted by molar-refractivity contribution is 9.10. The maximum atomic E-state index is 14.2. The first-order valence-corrected chi connectivity index (χ1v) is 9.93. The average molecular weight is 441 g/mol. The van der Waals surface area contributed by atoms with Crippen molar-refractivity contribution in [2.24, 2.45) is 11.8 Å². The van der Waals surface area contributed by atoms with E-state index in [-0.39, 0.29) is 35.9 Å². The number of carbonyl (C=O) groups is 3. The van der Waals surface area contributed by atoms with Crippen molar-refractivity contribution in [2.75, 3.05) is 31.1 Å². The molecule has 2 unspecified atom stereocenters. The summed E-state index contributed by atoms with van der Waals surface area (Å²) < 4.78 is 19.8. The van der Waals surface area contributed by atoms with Gasteiger partial charge >= 0.3 is 5.97 Å².